The number of nitriles is 1. The van der Waals surface area contributed by atoms with Crippen molar-refractivity contribution in [3.8, 4) is 6.07 Å². The SMILES string of the molecule is N#CC(=Cc1cccc([NH+]([O-])O)c1)c1nc2ccccc2o1. The van der Waals surface area contributed by atoms with Crippen molar-refractivity contribution in [1.29, 1.82) is 5.26 Å². The van der Waals surface area contributed by atoms with E-state index in [9.17, 15) is 10.5 Å². The number of hydrogen-bond donors (Lipinski definition) is 2. The van der Waals surface area contributed by atoms with E-state index in [-0.39, 0.29) is 17.2 Å². The van der Waals surface area contributed by atoms with Crippen LogP contribution in [0.25, 0.3) is 22.7 Å². The van der Waals surface area contributed by atoms with Crippen molar-refractivity contribution in [2.24, 2.45) is 0 Å². The summed E-state index contributed by atoms with van der Waals surface area (Å²) in [6.45, 7) is 0. The third-order valence-corrected chi connectivity index (χ3v) is 3.09. The number of nitrogens with one attached hydrogen (secondary N) is 1. The van der Waals surface area contributed by atoms with E-state index < -0.39 is 5.23 Å². The first kappa shape index (κ1) is 14.0. The number of nitrogens with zero attached hydrogens (tertiary/aromatic N) is 2. The second kappa shape index (κ2) is 5.79. The van der Waals surface area contributed by atoms with Gasteiger partial charge in [0.2, 0.25) is 5.89 Å². The minimum absolute atomic E-state index is 0.156. The Bertz CT molecular complexity index is 858. The topological polar surface area (TPSA) is 97.5 Å². The fourth-order valence-corrected chi connectivity index (χ4v) is 2.06. The van der Waals surface area contributed by atoms with Crippen molar-refractivity contribution in [3.05, 3.63) is 65.2 Å². The first-order valence-electron chi connectivity index (χ1n) is 6.48. The van der Waals surface area contributed by atoms with E-state index in [1.807, 2.05) is 18.2 Å². The minimum atomic E-state index is -1.02. The molecule has 0 bridgehead atoms. The predicted molar refractivity (Wildman–Crippen MR) is 79.7 cm³/mol. The quantitative estimate of drug-likeness (QED) is 0.570. The van der Waals surface area contributed by atoms with Crippen LogP contribution in [0.4, 0.5) is 5.69 Å². The number of oxazole rings is 1. The van der Waals surface area contributed by atoms with Crippen molar-refractivity contribution < 1.29 is 14.9 Å². The van der Waals surface area contributed by atoms with Crippen molar-refractivity contribution in [2.45, 2.75) is 0 Å². The van der Waals surface area contributed by atoms with E-state index >= 15 is 0 Å². The molecule has 1 heterocycles. The lowest BCUT2D eigenvalue weighted by Gasteiger charge is -2.11. The predicted octanol–water partition coefficient (Wildman–Crippen LogP) is 2.30. The number of rotatable bonds is 3. The average molecular weight is 293 g/mol. The van der Waals surface area contributed by atoms with E-state index in [1.54, 1.807) is 30.3 Å². The molecule has 3 rings (SSSR count). The molecule has 0 aliphatic carbocycles. The van der Waals surface area contributed by atoms with Crippen LogP contribution in [0.3, 0.4) is 0 Å². The first-order chi connectivity index (χ1) is 10.7. The Labute approximate surface area is 125 Å². The smallest absolute Gasteiger partial charge is 0.238 e. The highest BCUT2D eigenvalue weighted by Gasteiger charge is 2.11. The molecule has 1 atom stereocenters. The maximum Gasteiger partial charge on any atom is 0.238 e. The summed E-state index contributed by atoms with van der Waals surface area (Å²) in [6, 6.07) is 15.6. The van der Waals surface area contributed by atoms with Crippen molar-refractivity contribution in [3.63, 3.8) is 0 Å². The van der Waals surface area contributed by atoms with Crippen molar-refractivity contribution in [1.82, 2.24) is 4.98 Å². The maximum absolute atomic E-state index is 11.0. The normalized spacial score (nSPS) is 13.0. The van der Waals surface area contributed by atoms with Crippen LogP contribution < -0.4 is 5.23 Å². The summed E-state index contributed by atoms with van der Waals surface area (Å²) in [5.74, 6) is 0.212. The van der Waals surface area contributed by atoms with Crippen molar-refractivity contribution >= 4 is 28.4 Å². The zero-order chi connectivity index (χ0) is 15.5. The van der Waals surface area contributed by atoms with Gasteiger partial charge in [0.1, 0.15) is 17.2 Å². The lowest BCUT2D eigenvalue weighted by molar-refractivity contribution is -0.991. The molecule has 0 spiro atoms. The Kier molecular flexibility index (Phi) is 3.68. The second-order valence-corrected chi connectivity index (χ2v) is 4.59. The molecule has 0 saturated carbocycles. The Balaban J connectivity index is 2.03. The lowest BCUT2D eigenvalue weighted by atomic mass is 10.1. The van der Waals surface area contributed by atoms with E-state index in [1.165, 1.54) is 12.1 Å². The second-order valence-electron chi connectivity index (χ2n) is 4.59. The van der Waals surface area contributed by atoms with Gasteiger partial charge in [-0.05, 0) is 23.8 Å². The molecular weight excluding hydrogens is 282 g/mol. The van der Waals surface area contributed by atoms with E-state index in [0.717, 1.165) is 0 Å². The van der Waals surface area contributed by atoms with Crippen LogP contribution in [0.5, 0.6) is 0 Å². The molecular formula is C16H11N3O3. The number of para-hydroxylation sites is 2. The van der Waals surface area contributed by atoms with Gasteiger partial charge < -0.3 is 9.62 Å². The Hall–Kier alpha value is -2.98. The largest absolute Gasteiger partial charge is 0.595 e. The Morgan fingerprint density at radius 3 is 2.82 bits per heavy atom. The number of fused-ring (bicyclic) bond motifs is 1. The molecule has 0 amide bonds. The molecule has 0 radical (unpaired) electrons. The molecule has 6 nitrogen and oxygen atoms in total. The van der Waals surface area contributed by atoms with Crippen LogP contribution in [0.15, 0.2) is 52.9 Å². The fourth-order valence-electron chi connectivity index (χ4n) is 2.06. The molecule has 0 aliphatic rings. The molecule has 6 heteroatoms. The molecule has 1 unspecified atom stereocenters. The summed E-state index contributed by atoms with van der Waals surface area (Å²) in [5.41, 5.74) is 2.25. The Morgan fingerprint density at radius 2 is 2.09 bits per heavy atom. The standard InChI is InChI=1S/C16H11N3O3/c17-10-12(8-11-4-3-5-13(9-11)19(20)21)16-18-14-6-1-2-7-15(14)22-16/h1-9,19-20H. The van der Waals surface area contributed by atoms with Gasteiger partial charge in [-0.3, -0.25) is 0 Å². The van der Waals surface area contributed by atoms with Crippen LogP contribution in [0, 0.1) is 16.5 Å². The average Bonchev–Trinajstić information content (AvgIpc) is 2.96. The van der Waals surface area contributed by atoms with Gasteiger partial charge in [-0.25, -0.2) is 10.2 Å². The van der Waals surface area contributed by atoms with Gasteiger partial charge in [0.05, 0.1) is 0 Å². The van der Waals surface area contributed by atoms with Crippen LogP contribution in [0.2, 0.25) is 0 Å². The Morgan fingerprint density at radius 1 is 1.27 bits per heavy atom. The zero-order valence-electron chi connectivity index (χ0n) is 11.4. The third-order valence-electron chi connectivity index (χ3n) is 3.09. The molecule has 2 aromatic carbocycles. The summed E-state index contributed by atoms with van der Waals surface area (Å²) < 4.78 is 5.55. The van der Waals surface area contributed by atoms with Gasteiger partial charge in [-0.1, -0.05) is 24.3 Å². The number of benzene rings is 2. The van der Waals surface area contributed by atoms with Crippen LogP contribution in [0.1, 0.15) is 11.5 Å². The molecule has 1 aromatic heterocycles. The molecule has 0 fully saturated rings. The summed E-state index contributed by atoms with van der Waals surface area (Å²) in [5, 5.41) is 28.3. The van der Waals surface area contributed by atoms with Crippen LogP contribution >= 0.6 is 0 Å². The number of aromatic nitrogens is 1. The van der Waals surface area contributed by atoms with Gasteiger partial charge in [-0.2, -0.15) is 10.5 Å². The maximum atomic E-state index is 11.0. The van der Waals surface area contributed by atoms with Gasteiger partial charge in [0.15, 0.2) is 11.3 Å². The van der Waals surface area contributed by atoms with Gasteiger partial charge >= 0.3 is 0 Å². The van der Waals surface area contributed by atoms with E-state index in [4.69, 9.17) is 9.62 Å². The van der Waals surface area contributed by atoms with Crippen LogP contribution in [-0.2, 0) is 0 Å². The molecule has 0 saturated heterocycles. The highest BCUT2D eigenvalue weighted by molar-refractivity contribution is 5.89. The molecule has 22 heavy (non-hydrogen) atoms. The summed E-state index contributed by atoms with van der Waals surface area (Å²) in [6.07, 6.45) is 1.55. The van der Waals surface area contributed by atoms with Crippen LogP contribution in [-0.4, -0.2) is 10.2 Å². The number of allylic oxidation sites excluding steroid dienone is 1. The van der Waals surface area contributed by atoms with Crippen molar-refractivity contribution in [2.75, 3.05) is 0 Å². The minimum Gasteiger partial charge on any atom is -0.595 e. The molecule has 108 valence electrons. The monoisotopic (exact) mass is 293 g/mol. The van der Waals surface area contributed by atoms with Gasteiger partial charge in [0, 0.05) is 12.1 Å². The summed E-state index contributed by atoms with van der Waals surface area (Å²) in [7, 11) is 0. The fraction of sp³-hybridized carbons (Fsp3) is 0. The zero-order valence-corrected chi connectivity index (χ0v) is 11.4. The molecule has 3 aromatic rings. The van der Waals surface area contributed by atoms with E-state index in [2.05, 4.69) is 4.98 Å². The first-order valence-corrected chi connectivity index (χ1v) is 6.48. The number of hydrogen-bond acceptors (Lipinski definition) is 5. The highest BCUT2D eigenvalue weighted by atomic mass is 16.8. The third kappa shape index (κ3) is 2.73. The van der Waals surface area contributed by atoms with Gasteiger partial charge in [0.25, 0.3) is 0 Å². The highest BCUT2D eigenvalue weighted by Crippen LogP contribution is 2.22. The number of quaternary nitrogens is 1. The lowest BCUT2D eigenvalue weighted by Crippen LogP contribution is -2.99. The van der Waals surface area contributed by atoms with Gasteiger partial charge in [-0.15, -0.1) is 0 Å². The van der Waals surface area contributed by atoms with E-state index in [0.29, 0.717) is 16.7 Å². The molecule has 2 N–H and O–H groups in total. The summed E-state index contributed by atoms with van der Waals surface area (Å²) in [4.78, 5) is 4.26. The summed E-state index contributed by atoms with van der Waals surface area (Å²) >= 11 is 0. The molecule has 0 aliphatic heterocycles.